The summed E-state index contributed by atoms with van der Waals surface area (Å²) < 4.78 is 12.4. The number of rotatable bonds is 5. The molecule has 1 amide bonds. The number of nitrogens with one attached hydrogen (secondary N) is 1. The summed E-state index contributed by atoms with van der Waals surface area (Å²) in [6.45, 7) is 4.13. The molecule has 3 heterocycles. The maximum atomic E-state index is 12.2. The molecule has 0 saturated heterocycles. The van der Waals surface area contributed by atoms with Gasteiger partial charge in [0.15, 0.2) is 5.13 Å². The lowest BCUT2D eigenvalue weighted by Crippen LogP contribution is -2.10. The Hall–Kier alpha value is -3.32. The number of carbonyl (C=O) groups excluding carboxylic acids is 1. The fraction of sp³-hybridized carbons (Fsp3) is 0.143. The molecule has 1 aromatic carbocycles. The first-order valence-electron chi connectivity index (χ1n) is 8.69. The Labute approximate surface area is 166 Å². The summed E-state index contributed by atoms with van der Waals surface area (Å²) in [5.41, 5.74) is 5.59. The third-order valence-electron chi connectivity index (χ3n) is 4.55. The van der Waals surface area contributed by atoms with Gasteiger partial charge in [0.2, 0.25) is 0 Å². The van der Waals surface area contributed by atoms with E-state index < -0.39 is 0 Å². The van der Waals surface area contributed by atoms with Gasteiger partial charge in [-0.25, -0.2) is 4.98 Å². The standard InChI is InChI=1S/C21H19N3O3S/c1-13-10-18(14(2)24(13)16-4-6-17(26-3)7-5-16)19-12-28-21(22-19)23-20(25)15-8-9-27-11-15/h4-12H,1-3H3,(H,22,23,25). The van der Waals surface area contributed by atoms with Crippen molar-refractivity contribution < 1.29 is 13.9 Å². The monoisotopic (exact) mass is 393 g/mol. The number of anilines is 1. The molecule has 0 spiro atoms. The van der Waals surface area contributed by atoms with Crippen LogP contribution < -0.4 is 10.1 Å². The minimum atomic E-state index is -0.238. The van der Waals surface area contributed by atoms with Crippen molar-refractivity contribution in [3.63, 3.8) is 0 Å². The van der Waals surface area contributed by atoms with Crippen LogP contribution in [0, 0.1) is 13.8 Å². The summed E-state index contributed by atoms with van der Waals surface area (Å²) in [7, 11) is 1.66. The number of hydrogen-bond donors (Lipinski definition) is 1. The number of thiazole rings is 1. The zero-order chi connectivity index (χ0) is 19.7. The van der Waals surface area contributed by atoms with E-state index in [-0.39, 0.29) is 5.91 Å². The number of hydrogen-bond acceptors (Lipinski definition) is 5. The molecule has 0 radical (unpaired) electrons. The van der Waals surface area contributed by atoms with E-state index in [2.05, 4.69) is 34.8 Å². The normalized spacial score (nSPS) is 10.8. The van der Waals surface area contributed by atoms with Gasteiger partial charge in [-0.05, 0) is 50.2 Å². The van der Waals surface area contributed by atoms with Gasteiger partial charge in [-0.15, -0.1) is 11.3 Å². The van der Waals surface area contributed by atoms with Gasteiger partial charge in [-0.3, -0.25) is 10.1 Å². The quantitative estimate of drug-likeness (QED) is 0.514. The minimum Gasteiger partial charge on any atom is -0.497 e. The smallest absolute Gasteiger partial charge is 0.260 e. The van der Waals surface area contributed by atoms with E-state index >= 15 is 0 Å². The van der Waals surface area contributed by atoms with Crippen LogP contribution in [0.2, 0.25) is 0 Å². The van der Waals surface area contributed by atoms with E-state index in [1.165, 1.54) is 23.9 Å². The van der Waals surface area contributed by atoms with Gasteiger partial charge in [0.05, 0.1) is 24.6 Å². The Morgan fingerprint density at radius 3 is 2.68 bits per heavy atom. The molecule has 4 rings (SSSR count). The first-order chi connectivity index (χ1) is 13.6. The lowest BCUT2D eigenvalue weighted by atomic mass is 10.2. The number of ether oxygens (including phenoxy) is 1. The molecular weight excluding hydrogens is 374 g/mol. The van der Waals surface area contributed by atoms with E-state index in [4.69, 9.17) is 9.15 Å². The number of methoxy groups -OCH3 is 1. The lowest BCUT2D eigenvalue weighted by molar-refractivity contribution is 0.102. The highest BCUT2D eigenvalue weighted by Crippen LogP contribution is 2.32. The molecule has 142 valence electrons. The Morgan fingerprint density at radius 1 is 1.21 bits per heavy atom. The van der Waals surface area contributed by atoms with Gasteiger partial charge in [-0.1, -0.05) is 0 Å². The van der Waals surface area contributed by atoms with Crippen molar-refractivity contribution >= 4 is 22.4 Å². The number of aromatic nitrogens is 2. The second kappa shape index (κ2) is 7.36. The predicted molar refractivity (Wildman–Crippen MR) is 110 cm³/mol. The largest absolute Gasteiger partial charge is 0.497 e. The van der Waals surface area contributed by atoms with Gasteiger partial charge in [0, 0.05) is 28.0 Å². The number of furan rings is 1. The minimum absolute atomic E-state index is 0.238. The Balaban J connectivity index is 1.62. The molecule has 0 aliphatic carbocycles. The highest BCUT2D eigenvalue weighted by molar-refractivity contribution is 7.14. The molecule has 0 saturated carbocycles. The Kier molecular flexibility index (Phi) is 4.75. The predicted octanol–water partition coefficient (Wildman–Crippen LogP) is 5.07. The summed E-state index contributed by atoms with van der Waals surface area (Å²) >= 11 is 1.40. The van der Waals surface area contributed by atoms with Crippen molar-refractivity contribution in [3.05, 3.63) is 71.3 Å². The number of nitrogens with zero attached hydrogens (tertiary/aromatic N) is 2. The summed E-state index contributed by atoms with van der Waals surface area (Å²) in [4.78, 5) is 16.8. The second-order valence-corrected chi connectivity index (χ2v) is 7.18. The van der Waals surface area contributed by atoms with Crippen LogP contribution in [0.25, 0.3) is 16.9 Å². The third-order valence-corrected chi connectivity index (χ3v) is 5.30. The van der Waals surface area contributed by atoms with Crippen LogP contribution in [-0.2, 0) is 0 Å². The van der Waals surface area contributed by atoms with Gasteiger partial charge in [0.25, 0.3) is 5.91 Å². The van der Waals surface area contributed by atoms with Crippen molar-refractivity contribution in [3.8, 4) is 22.7 Å². The van der Waals surface area contributed by atoms with Crippen LogP contribution in [0.1, 0.15) is 21.7 Å². The van der Waals surface area contributed by atoms with Crippen LogP contribution >= 0.6 is 11.3 Å². The molecule has 0 unspecified atom stereocenters. The molecule has 0 atom stereocenters. The topological polar surface area (TPSA) is 69.3 Å². The molecule has 4 aromatic rings. The number of aryl methyl sites for hydroxylation is 1. The summed E-state index contributed by atoms with van der Waals surface area (Å²) in [5, 5.41) is 5.31. The van der Waals surface area contributed by atoms with Crippen LogP contribution in [0.3, 0.4) is 0 Å². The van der Waals surface area contributed by atoms with Crippen LogP contribution in [0.5, 0.6) is 5.75 Å². The molecule has 0 bridgehead atoms. The van der Waals surface area contributed by atoms with E-state index in [1.807, 2.05) is 29.6 Å². The molecule has 28 heavy (non-hydrogen) atoms. The maximum absolute atomic E-state index is 12.2. The molecule has 1 N–H and O–H groups in total. The highest BCUT2D eigenvalue weighted by Gasteiger charge is 2.16. The zero-order valence-electron chi connectivity index (χ0n) is 15.7. The first-order valence-corrected chi connectivity index (χ1v) is 9.57. The van der Waals surface area contributed by atoms with Crippen molar-refractivity contribution in [2.45, 2.75) is 13.8 Å². The van der Waals surface area contributed by atoms with Gasteiger partial charge >= 0.3 is 0 Å². The molecular formula is C21H19N3O3S. The van der Waals surface area contributed by atoms with Crippen molar-refractivity contribution in [2.24, 2.45) is 0 Å². The molecule has 3 aromatic heterocycles. The van der Waals surface area contributed by atoms with E-state index in [9.17, 15) is 4.79 Å². The van der Waals surface area contributed by atoms with E-state index in [1.54, 1.807) is 13.2 Å². The number of benzene rings is 1. The fourth-order valence-electron chi connectivity index (χ4n) is 3.17. The van der Waals surface area contributed by atoms with Crippen LogP contribution in [0.4, 0.5) is 5.13 Å². The maximum Gasteiger partial charge on any atom is 0.260 e. The van der Waals surface area contributed by atoms with Crippen molar-refractivity contribution in [1.29, 1.82) is 0 Å². The second-order valence-electron chi connectivity index (χ2n) is 6.32. The SMILES string of the molecule is COc1ccc(-n2c(C)cc(-c3csc(NC(=O)c4ccoc4)n3)c2C)cc1. The number of amides is 1. The molecule has 0 fully saturated rings. The molecule has 0 aliphatic heterocycles. The lowest BCUT2D eigenvalue weighted by Gasteiger charge is -2.10. The average molecular weight is 393 g/mol. The van der Waals surface area contributed by atoms with Gasteiger partial charge in [0.1, 0.15) is 12.0 Å². The van der Waals surface area contributed by atoms with E-state index in [0.29, 0.717) is 10.7 Å². The first kappa shape index (κ1) is 18.1. The molecule has 0 aliphatic rings. The molecule has 7 heteroatoms. The zero-order valence-corrected chi connectivity index (χ0v) is 16.5. The van der Waals surface area contributed by atoms with Gasteiger partial charge in [-0.2, -0.15) is 0 Å². The van der Waals surface area contributed by atoms with Gasteiger partial charge < -0.3 is 13.7 Å². The average Bonchev–Trinajstić information content (AvgIpc) is 3.43. The Bertz CT molecular complexity index is 1110. The summed E-state index contributed by atoms with van der Waals surface area (Å²) in [6, 6.07) is 11.7. The Morgan fingerprint density at radius 2 is 2.00 bits per heavy atom. The summed E-state index contributed by atoms with van der Waals surface area (Å²) in [6.07, 6.45) is 2.88. The molecule has 6 nitrogen and oxygen atoms in total. The number of carbonyl (C=O) groups is 1. The van der Waals surface area contributed by atoms with Crippen molar-refractivity contribution in [2.75, 3.05) is 12.4 Å². The summed E-state index contributed by atoms with van der Waals surface area (Å²) in [5.74, 6) is 0.585. The van der Waals surface area contributed by atoms with Crippen LogP contribution in [0.15, 0.2) is 58.7 Å². The highest BCUT2D eigenvalue weighted by atomic mass is 32.1. The van der Waals surface area contributed by atoms with E-state index in [0.717, 1.165) is 34.1 Å². The van der Waals surface area contributed by atoms with Crippen LogP contribution in [-0.4, -0.2) is 22.6 Å². The van der Waals surface area contributed by atoms with Crippen molar-refractivity contribution in [1.82, 2.24) is 9.55 Å². The fourth-order valence-corrected chi connectivity index (χ4v) is 3.87. The third kappa shape index (κ3) is 3.32.